The molecular weight excluding hydrogens is 240 g/mol. The van der Waals surface area contributed by atoms with Crippen LogP contribution in [-0.4, -0.2) is 16.4 Å². The first-order valence-corrected chi connectivity index (χ1v) is 5.27. The Hall–Kier alpha value is -2.01. The van der Waals surface area contributed by atoms with E-state index in [1.807, 2.05) is 24.3 Å². The Bertz CT molecular complexity index is 587. The van der Waals surface area contributed by atoms with E-state index < -0.39 is 5.91 Å². The molecule has 17 heavy (non-hydrogen) atoms. The summed E-state index contributed by atoms with van der Waals surface area (Å²) in [4.78, 5) is 15.3. The van der Waals surface area contributed by atoms with Crippen LogP contribution in [0.4, 0.5) is 0 Å². The van der Waals surface area contributed by atoms with E-state index in [2.05, 4.69) is 4.99 Å². The first-order chi connectivity index (χ1) is 8.02. The number of halogens is 1. The van der Waals surface area contributed by atoms with Crippen molar-refractivity contribution >= 4 is 34.4 Å². The van der Waals surface area contributed by atoms with Crippen LogP contribution in [0.3, 0.4) is 0 Å². The molecule has 0 bridgehead atoms. The number of nitrogens with zero attached hydrogens (tertiary/aromatic N) is 2. The smallest absolute Gasteiger partial charge is 0.298 e. The van der Waals surface area contributed by atoms with E-state index in [0.29, 0.717) is 5.02 Å². The summed E-state index contributed by atoms with van der Waals surface area (Å²) in [6.07, 6.45) is 0. The maximum absolute atomic E-state index is 11.8. The van der Waals surface area contributed by atoms with E-state index in [1.165, 1.54) is 0 Å². The molecule has 0 saturated carbocycles. The lowest BCUT2D eigenvalue weighted by atomic mass is 10.2. The Morgan fingerprint density at radius 3 is 2.59 bits per heavy atom. The number of para-hydroxylation sites is 1. The van der Waals surface area contributed by atoms with Gasteiger partial charge in [0.15, 0.2) is 5.96 Å². The minimum Gasteiger partial charge on any atom is -0.370 e. The van der Waals surface area contributed by atoms with Crippen molar-refractivity contribution in [3.05, 3.63) is 35.0 Å². The summed E-state index contributed by atoms with van der Waals surface area (Å²) < 4.78 is 1.67. The van der Waals surface area contributed by atoms with E-state index >= 15 is 0 Å². The standard InChI is InChI=1S/C11H11ClN4O/c1-16-7-5-3-2-4-6(7)8(12)9(16)10(17)15-11(13)14/h2-5H,1H3,(H4,13,14,15,17). The highest BCUT2D eigenvalue weighted by Crippen LogP contribution is 2.30. The van der Waals surface area contributed by atoms with Gasteiger partial charge in [-0.15, -0.1) is 0 Å². The van der Waals surface area contributed by atoms with Gasteiger partial charge < -0.3 is 16.0 Å². The molecule has 0 fully saturated rings. The molecule has 88 valence electrons. The van der Waals surface area contributed by atoms with Crippen molar-refractivity contribution < 1.29 is 4.79 Å². The van der Waals surface area contributed by atoms with Crippen LogP contribution in [0.1, 0.15) is 10.5 Å². The van der Waals surface area contributed by atoms with Gasteiger partial charge in [0.05, 0.1) is 5.02 Å². The number of hydrogen-bond acceptors (Lipinski definition) is 1. The molecular formula is C11H11ClN4O. The quantitative estimate of drug-likeness (QED) is 0.590. The van der Waals surface area contributed by atoms with Crippen LogP contribution in [-0.2, 0) is 7.05 Å². The lowest BCUT2D eigenvalue weighted by molar-refractivity contribution is 0.0995. The molecule has 0 aliphatic rings. The molecule has 1 aromatic carbocycles. The monoisotopic (exact) mass is 250 g/mol. The Balaban J connectivity index is 2.70. The molecule has 4 N–H and O–H groups in total. The highest BCUT2D eigenvalue weighted by molar-refractivity contribution is 6.39. The minimum absolute atomic E-state index is 0.279. The summed E-state index contributed by atoms with van der Waals surface area (Å²) in [5, 5.41) is 1.16. The zero-order valence-electron chi connectivity index (χ0n) is 9.14. The third-order valence-corrected chi connectivity index (χ3v) is 2.86. The van der Waals surface area contributed by atoms with Crippen LogP contribution in [0.5, 0.6) is 0 Å². The molecule has 1 heterocycles. The minimum atomic E-state index is -0.547. The fraction of sp³-hybridized carbons (Fsp3) is 0.0909. The Kier molecular flexibility index (Phi) is 2.77. The topological polar surface area (TPSA) is 86.4 Å². The number of fused-ring (bicyclic) bond motifs is 1. The molecule has 2 aromatic rings. The van der Waals surface area contributed by atoms with Crippen LogP contribution < -0.4 is 11.5 Å². The second-order valence-corrected chi connectivity index (χ2v) is 3.96. The fourth-order valence-corrected chi connectivity index (χ4v) is 2.12. The molecule has 0 spiro atoms. The largest absolute Gasteiger partial charge is 0.370 e. The molecule has 0 unspecified atom stereocenters. The molecule has 0 saturated heterocycles. The van der Waals surface area contributed by atoms with Gasteiger partial charge in [-0.2, -0.15) is 4.99 Å². The summed E-state index contributed by atoms with van der Waals surface area (Å²) in [6.45, 7) is 0. The van der Waals surface area contributed by atoms with Gasteiger partial charge >= 0.3 is 0 Å². The second kappa shape index (κ2) is 4.10. The number of guanidine groups is 1. The van der Waals surface area contributed by atoms with Gasteiger partial charge in [-0.25, -0.2) is 0 Å². The molecule has 5 nitrogen and oxygen atoms in total. The molecule has 0 atom stereocenters. The number of amides is 1. The van der Waals surface area contributed by atoms with Crippen molar-refractivity contribution in [2.45, 2.75) is 0 Å². The first kappa shape index (κ1) is 11.5. The number of carbonyl (C=O) groups is 1. The zero-order valence-corrected chi connectivity index (χ0v) is 9.90. The summed E-state index contributed by atoms with van der Waals surface area (Å²) >= 11 is 6.15. The van der Waals surface area contributed by atoms with E-state index in [1.54, 1.807) is 11.6 Å². The summed E-state index contributed by atoms with van der Waals surface area (Å²) in [7, 11) is 1.74. The number of benzene rings is 1. The SMILES string of the molecule is Cn1c(C(=O)N=C(N)N)c(Cl)c2ccccc21. The zero-order chi connectivity index (χ0) is 12.6. The number of hydrogen-bond donors (Lipinski definition) is 2. The number of aliphatic imine (C=N–C) groups is 1. The van der Waals surface area contributed by atoms with E-state index in [9.17, 15) is 4.79 Å². The number of nitrogens with two attached hydrogens (primary N) is 2. The molecule has 1 aromatic heterocycles. The van der Waals surface area contributed by atoms with Crippen molar-refractivity contribution in [2.24, 2.45) is 23.5 Å². The van der Waals surface area contributed by atoms with Crippen molar-refractivity contribution in [3.63, 3.8) is 0 Å². The lowest BCUT2D eigenvalue weighted by Gasteiger charge is -2.00. The van der Waals surface area contributed by atoms with Crippen LogP contribution in [0.25, 0.3) is 10.9 Å². The van der Waals surface area contributed by atoms with E-state index in [4.69, 9.17) is 23.1 Å². The lowest BCUT2D eigenvalue weighted by Crippen LogP contribution is -2.24. The van der Waals surface area contributed by atoms with Crippen LogP contribution in [0, 0.1) is 0 Å². The Labute approximate surface area is 103 Å². The Morgan fingerprint density at radius 1 is 1.35 bits per heavy atom. The van der Waals surface area contributed by atoms with Gasteiger partial charge in [0.2, 0.25) is 0 Å². The average Bonchev–Trinajstić information content (AvgIpc) is 2.51. The molecule has 6 heteroatoms. The maximum atomic E-state index is 11.8. The maximum Gasteiger partial charge on any atom is 0.298 e. The van der Waals surface area contributed by atoms with Gasteiger partial charge in [-0.3, -0.25) is 4.79 Å². The number of aromatic nitrogens is 1. The number of aryl methyl sites for hydroxylation is 1. The molecule has 1 amide bonds. The summed E-state index contributed by atoms with van der Waals surface area (Å²) in [6, 6.07) is 7.42. The molecule has 2 rings (SSSR count). The van der Waals surface area contributed by atoms with Crippen LogP contribution in [0.2, 0.25) is 5.02 Å². The summed E-state index contributed by atoms with van der Waals surface area (Å²) in [5.41, 5.74) is 11.5. The predicted octanol–water partition coefficient (Wildman–Crippen LogP) is 1.25. The predicted molar refractivity (Wildman–Crippen MR) is 68.1 cm³/mol. The van der Waals surface area contributed by atoms with E-state index in [-0.39, 0.29) is 11.7 Å². The van der Waals surface area contributed by atoms with Gasteiger partial charge in [-0.1, -0.05) is 29.8 Å². The van der Waals surface area contributed by atoms with Gasteiger partial charge in [0.1, 0.15) is 5.69 Å². The average molecular weight is 251 g/mol. The number of rotatable bonds is 1. The first-order valence-electron chi connectivity index (χ1n) is 4.89. The van der Waals surface area contributed by atoms with Crippen molar-refractivity contribution in [1.82, 2.24) is 4.57 Å². The van der Waals surface area contributed by atoms with Crippen LogP contribution >= 0.6 is 11.6 Å². The number of carbonyl (C=O) groups excluding carboxylic acids is 1. The van der Waals surface area contributed by atoms with Crippen LogP contribution in [0.15, 0.2) is 29.3 Å². The van der Waals surface area contributed by atoms with Crippen molar-refractivity contribution in [2.75, 3.05) is 0 Å². The molecule has 0 radical (unpaired) electrons. The third kappa shape index (κ3) is 1.85. The van der Waals surface area contributed by atoms with Crippen molar-refractivity contribution in [3.8, 4) is 0 Å². The highest BCUT2D eigenvalue weighted by Gasteiger charge is 2.19. The normalized spacial score (nSPS) is 10.5. The van der Waals surface area contributed by atoms with Gasteiger partial charge in [0, 0.05) is 18.0 Å². The van der Waals surface area contributed by atoms with Crippen molar-refractivity contribution in [1.29, 1.82) is 0 Å². The molecule has 0 aliphatic heterocycles. The fourth-order valence-electron chi connectivity index (χ4n) is 1.75. The van der Waals surface area contributed by atoms with Gasteiger partial charge in [-0.05, 0) is 6.07 Å². The Morgan fingerprint density at radius 2 is 2.00 bits per heavy atom. The van der Waals surface area contributed by atoms with E-state index in [0.717, 1.165) is 10.9 Å². The third-order valence-electron chi connectivity index (χ3n) is 2.48. The summed E-state index contributed by atoms with van der Waals surface area (Å²) in [5.74, 6) is -0.829. The second-order valence-electron chi connectivity index (χ2n) is 3.58. The molecule has 0 aliphatic carbocycles. The van der Waals surface area contributed by atoms with Gasteiger partial charge in [0.25, 0.3) is 5.91 Å². The highest BCUT2D eigenvalue weighted by atomic mass is 35.5.